The Kier molecular flexibility index (Phi) is 4.18. The summed E-state index contributed by atoms with van der Waals surface area (Å²) in [6.45, 7) is 0. The number of thiophene rings is 2. The second kappa shape index (κ2) is 6.81. The molecule has 26 heavy (non-hydrogen) atoms. The number of hydrogen-bond acceptors (Lipinski definition) is 8. The molecule has 0 spiro atoms. The van der Waals surface area contributed by atoms with Crippen LogP contribution in [-0.4, -0.2) is 22.4 Å². The van der Waals surface area contributed by atoms with Crippen molar-refractivity contribution < 1.29 is 0 Å². The second-order valence-electron chi connectivity index (χ2n) is 5.33. The number of aliphatic imine (C=N–C) groups is 2. The van der Waals surface area contributed by atoms with E-state index < -0.39 is 0 Å². The standard InChI is InChI=1S/C18H10N4S4/c1-3-11(23-5-1)9-19-17-21-13-7-16-14(8-15(13)25-17)22-18(26-16)20-10-12-4-2-6-24-12/h1-10H/b19-9+,20-10+. The van der Waals surface area contributed by atoms with Crippen molar-refractivity contribution in [3.8, 4) is 0 Å². The molecular formula is C18H10N4S4. The number of hydrogen-bond donors (Lipinski definition) is 0. The summed E-state index contributed by atoms with van der Waals surface area (Å²) in [5.74, 6) is 0. The van der Waals surface area contributed by atoms with E-state index in [-0.39, 0.29) is 0 Å². The summed E-state index contributed by atoms with van der Waals surface area (Å²) in [5.41, 5.74) is 1.91. The molecule has 4 nitrogen and oxygen atoms in total. The van der Waals surface area contributed by atoms with Crippen LogP contribution in [0.1, 0.15) is 9.75 Å². The van der Waals surface area contributed by atoms with Crippen LogP contribution >= 0.6 is 45.3 Å². The Morgan fingerprint density at radius 1 is 0.731 bits per heavy atom. The van der Waals surface area contributed by atoms with Gasteiger partial charge in [-0.2, -0.15) is 0 Å². The van der Waals surface area contributed by atoms with Crippen LogP contribution in [0.2, 0.25) is 0 Å². The van der Waals surface area contributed by atoms with E-state index >= 15 is 0 Å². The number of rotatable bonds is 4. The first kappa shape index (κ1) is 16.0. The predicted molar refractivity (Wildman–Crippen MR) is 116 cm³/mol. The molecule has 0 radical (unpaired) electrons. The van der Waals surface area contributed by atoms with Crippen LogP contribution in [-0.2, 0) is 0 Å². The van der Waals surface area contributed by atoms with Crippen molar-refractivity contribution in [1.29, 1.82) is 0 Å². The van der Waals surface area contributed by atoms with Gasteiger partial charge in [-0.15, -0.1) is 22.7 Å². The van der Waals surface area contributed by atoms with Gasteiger partial charge in [0.25, 0.3) is 0 Å². The SMILES string of the molecule is C(=N\c1nc2cc3sc(/N=C/c4cccs4)nc3cc2s1)/c1cccs1. The van der Waals surface area contributed by atoms with Gasteiger partial charge in [-0.05, 0) is 35.0 Å². The molecule has 0 aliphatic rings. The molecule has 8 heteroatoms. The molecular weight excluding hydrogens is 400 g/mol. The molecule has 5 rings (SSSR count). The van der Waals surface area contributed by atoms with Crippen molar-refractivity contribution in [2.24, 2.45) is 9.98 Å². The Bertz CT molecular complexity index is 1080. The van der Waals surface area contributed by atoms with Crippen molar-refractivity contribution in [2.45, 2.75) is 0 Å². The highest BCUT2D eigenvalue weighted by Crippen LogP contribution is 2.35. The monoisotopic (exact) mass is 410 g/mol. The maximum Gasteiger partial charge on any atom is 0.210 e. The van der Waals surface area contributed by atoms with Crippen molar-refractivity contribution in [1.82, 2.24) is 9.97 Å². The summed E-state index contributed by atoms with van der Waals surface area (Å²) in [6, 6.07) is 12.3. The minimum absolute atomic E-state index is 0.766. The largest absolute Gasteiger partial charge is 0.226 e. The quantitative estimate of drug-likeness (QED) is 0.316. The fourth-order valence-electron chi connectivity index (χ4n) is 2.40. The molecule has 0 N–H and O–H groups in total. The average molecular weight is 411 g/mol. The summed E-state index contributed by atoms with van der Waals surface area (Å²) in [5, 5.41) is 5.61. The average Bonchev–Trinajstić information content (AvgIpc) is 3.43. The molecule has 0 fully saturated rings. The minimum Gasteiger partial charge on any atom is -0.226 e. The highest BCUT2D eigenvalue weighted by molar-refractivity contribution is 7.23. The van der Waals surface area contributed by atoms with Crippen LogP contribution in [0.15, 0.2) is 57.1 Å². The van der Waals surface area contributed by atoms with E-state index in [1.807, 2.05) is 47.5 Å². The zero-order valence-electron chi connectivity index (χ0n) is 13.2. The lowest BCUT2D eigenvalue weighted by molar-refractivity contribution is 1.41. The van der Waals surface area contributed by atoms with Crippen molar-refractivity contribution in [2.75, 3.05) is 0 Å². The summed E-state index contributed by atoms with van der Waals surface area (Å²) in [6.07, 6.45) is 3.72. The van der Waals surface area contributed by atoms with E-state index in [1.54, 1.807) is 45.3 Å². The van der Waals surface area contributed by atoms with Gasteiger partial charge in [-0.25, -0.2) is 20.0 Å². The lowest BCUT2D eigenvalue weighted by Gasteiger charge is -1.86. The van der Waals surface area contributed by atoms with Gasteiger partial charge in [0.15, 0.2) is 0 Å². The molecule has 126 valence electrons. The normalized spacial score (nSPS) is 12.3. The molecule has 0 amide bonds. The molecule has 4 aromatic heterocycles. The zero-order valence-corrected chi connectivity index (χ0v) is 16.5. The Labute approximate surface area is 164 Å². The van der Waals surface area contributed by atoms with E-state index in [9.17, 15) is 0 Å². The van der Waals surface area contributed by atoms with Gasteiger partial charge >= 0.3 is 0 Å². The van der Waals surface area contributed by atoms with Crippen molar-refractivity contribution in [3.05, 3.63) is 56.9 Å². The van der Waals surface area contributed by atoms with Crippen LogP contribution in [0.3, 0.4) is 0 Å². The molecule has 5 aromatic rings. The first-order valence-electron chi connectivity index (χ1n) is 7.70. The number of nitrogens with zero attached hydrogens (tertiary/aromatic N) is 4. The number of thiazole rings is 2. The Morgan fingerprint density at radius 3 is 1.65 bits per heavy atom. The topological polar surface area (TPSA) is 50.5 Å². The molecule has 0 bridgehead atoms. The summed E-state index contributed by atoms with van der Waals surface area (Å²) in [7, 11) is 0. The Morgan fingerprint density at radius 2 is 1.23 bits per heavy atom. The number of benzene rings is 1. The molecule has 1 aromatic carbocycles. The fraction of sp³-hybridized carbons (Fsp3) is 0. The molecule has 4 heterocycles. The molecule has 0 unspecified atom stereocenters. The van der Waals surface area contributed by atoms with Crippen LogP contribution in [0.4, 0.5) is 10.3 Å². The third-order valence-electron chi connectivity index (χ3n) is 3.57. The summed E-state index contributed by atoms with van der Waals surface area (Å²) in [4.78, 5) is 20.5. The first-order chi connectivity index (χ1) is 12.8. The van der Waals surface area contributed by atoms with E-state index in [1.165, 1.54) is 0 Å². The van der Waals surface area contributed by atoms with Crippen molar-refractivity contribution in [3.63, 3.8) is 0 Å². The third-order valence-corrected chi connectivity index (χ3v) is 7.03. The van der Waals surface area contributed by atoms with Crippen LogP contribution in [0.5, 0.6) is 0 Å². The van der Waals surface area contributed by atoms with Gasteiger partial charge in [-0.3, -0.25) is 0 Å². The molecule has 0 aliphatic carbocycles. The predicted octanol–water partition coefficient (Wildman–Crippen LogP) is 6.53. The van der Waals surface area contributed by atoms with Crippen LogP contribution in [0, 0.1) is 0 Å². The van der Waals surface area contributed by atoms with Gasteiger partial charge in [0, 0.05) is 22.2 Å². The lowest BCUT2D eigenvalue weighted by atomic mass is 10.3. The van der Waals surface area contributed by atoms with Crippen molar-refractivity contribution >= 4 is 88.5 Å². The highest BCUT2D eigenvalue weighted by Gasteiger charge is 2.09. The van der Waals surface area contributed by atoms with Gasteiger partial charge in [0.2, 0.25) is 10.3 Å². The van der Waals surface area contributed by atoms with E-state index in [2.05, 4.69) is 32.1 Å². The van der Waals surface area contributed by atoms with Crippen LogP contribution < -0.4 is 0 Å². The smallest absolute Gasteiger partial charge is 0.210 e. The maximum atomic E-state index is 4.63. The first-order valence-corrected chi connectivity index (χ1v) is 11.1. The third kappa shape index (κ3) is 3.24. The summed E-state index contributed by atoms with van der Waals surface area (Å²) < 4.78 is 2.19. The van der Waals surface area contributed by atoms with E-state index in [0.29, 0.717) is 0 Å². The van der Waals surface area contributed by atoms with Gasteiger partial charge < -0.3 is 0 Å². The van der Waals surface area contributed by atoms with Crippen LogP contribution in [0.25, 0.3) is 20.4 Å². The molecule has 0 atom stereocenters. The fourth-order valence-corrected chi connectivity index (χ4v) is 5.22. The van der Waals surface area contributed by atoms with Gasteiger partial charge in [-0.1, -0.05) is 34.8 Å². The maximum absolute atomic E-state index is 4.63. The van der Waals surface area contributed by atoms with E-state index in [4.69, 9.17) is 0 Å². The Hall–Kier alpha value is -2.26. The number of aromatic nitrogens is 2. The molecule has 0 saturated heterocycles. The highest BCUT2D eigenvalue weighted by atomic mass is 32.1. The zero-order chi connectivity index (χ0) is 17.3. The van der Waals surface area contributed by atoms with Gasteiger partial charge in [0.05, 0.1) is 20.4 Å². The number of fused-ring (bicyclic) bond motifs is 2. The molecule has 0 saturated carbocycles. The second-order valence-corrected chi connectivity index (χ2v) is 9.30. The van der Waals surface area contributed by atoms with Gasteiger partial charge in [0.1, 0.15) is 0 Å². The Balaban J connectivity index is 1.46. The minimum atomic E-state index is 0.766. The van der Waals surface area contributed by atoms with E-state index in [0.717, 1.165) is 40.5 Å². The lowest BCUT2D eigenvalue weighted by Crippen LogP contribution is -1.71. The summed E-state index contributed by atoms with van der Waals surface area (Å²) >= 11 is 6.48. The molecule has 0 aliphatic heterocycles.